The molecule has 0 aliphatic carbocycles. The molecule has 0 unspecified atom stereocenters. The number of thioether (sulfide) groups is 1. The molecule has 0 radical (unpaired) electrons. The third-order valence-corrected chi connectivity index (χ3v) is 2.14. The minimum Gasteiger partial charge on any atom is -0.752 e. The summed E-state index contributed by atoms with van der Waals surface area (Å²) in [4.78, 5) is 3.40. The van der Waals surface area contributed by atoms with Crippen LogP contribution in [-0.2, 0) is 12.6 Å². The van der Waals surface area contributed by atoms with Crippen molar-refractivity contribution >= 4 is 28.8 Å². The minimum atomic E-state index is 0. The molecule has 0 N–H and O–H groups in total. The first-order valence-electron chi connectivity index (χ1n) is 3.07. The van der Waals surface area contributed by atoms with Crippen LogP contribution in [0.25, 0.3) is 0 Å². The first kappa shape index (κ1) is 14.9. The van der Waals surface area contributed by atoms with Gasteiger partial charge in [-0.2, -0.15) is 10.3 Å². The number of unbranched alkanes of at least 4 members (excludes halogenated alkanes) is 1. The van der Waals surface area contributed by atoms with E-state index < -0.39 is 0 Å². The minimum absolute atomic E-state index is 0. The van der Waals surface area contributed by atoms with Crippen LogP contribution in [0.2, 0.25) is 0 Å². The van der Waals surface area contributed by atoms with Gasteiger partial charge in [0, 0.05) is 0 Å². The monoisotopic (exact) mass is 212 g/mol. The first-order chi connectivity index (χ1) is 4.81. The van der Waals surface area contributed by atoms with E-state index >= 15 is 0 Å². The van der Waals surface area contributed by atoms with Crippen molar-refractivity contribution in [1.29, 1.82) is 5.26 Å². The van der Waals surface area contributed by atoms with E-state index in [2.05, 4.69) is 11.9 Å². The van der Waals surface area contributed by atoms with Gasteiger partial charge in [-0.25, -0.2) is 0 Å². The summed E-state index contributed by atoms with van der Waals surface area (Å²) in [6.45, 7) is 2.12. The Labute approximate surface area is 120 Å². The van der Waals surface area contributed by atoms with Gasteiger partial charge in [0.15, 0.2) is 0 Å². The SMILES string of the molecule is CCCCSC([S-])=NC#N.[K+]. The molecular weight excluding hydrogens is 203 g/mol. The summed E-state index contributed by atoms with van der Waals surface area (Å²) in [6.07, 6.45) is 3.94. The Morgan fingerprint density at radius 3 is 2.82 bits per heavy atom. The van der Waals surface area contributed by atoms with Crippen molar-refractivity contribution in [2.45, 2.75) is 19.8 Å². The van der Waals surface area contributed by atoms with Crippen molar-refractivity contribution in [1.82, 2.24) is 0 Å². The van der Waals surface area contributed by atoms with Crippen molar-refractivity contribution in [3.8, 4) is 6.19 Å². The fourth-order valence-electron chi connectivity index (χ4n) is 0.377. The molecule has 0 saturated carbocycles. The molecule has 0 aliphatic rings. The van der Waals surface area contributed by atoms with E-state index in [0.717, 1.165) is 18.6 Å². The Morgan fingerprint density at radius 2 is 2.36 bits per heavy atom. The van der Waals surface area contributed by atoms with Gasteiger partial charge in [-0.05, 0) is 16.5 Å². The zero-order chi connectivity index (χ0) is 7.82. The van der Waals surface area contributed by atoms with Crippen molar-refractivity contribution in [3.63, 3.8) is 0 Å². The molecular formula is C6H9KN2S2. The van der Waals surface area contributed by atoms with Gasteiger partial charge in [0.25, 0.3) is 0 Å². The number of hydrogen-bond donors (Lipinski definition) is 0. The summed E-state index contributed by atoms with van der Waals surface area (Å²) >= 11 is 6.21. The summed E-state index contributed by atoms with van der Waals surface area (Å²) in [5, 5.41) is 8.08. The summed E-state index contributed by atoms with van der Waals surface area (Å²) in [5.41, 5.74) is 0. The van der Waals surface area contributed by atoms with Crippen LogP contribution in [0.5, 0.6) is 0 Å². The molecule has 0 aliphatic heterocycles. The Balaban J connectivity index is 0. The van der Waals surface area contributed by atoms with E-state index in [0.29, 0.717) is 4.38 Å². The van der Waals surface area contributed by atoms with Gasteiger partial charge in [0.2, 0.25) is 6.19 Å². The molecule has 56 valence electrons. The van der Waals surface area contributed by atoms with E-state index in [9.17, 15) is 0 Å². The second-order valence-electron chi connectivity index (χ2n) is 1.68. The van der Waals surface area contributed by atoms with Crippen molar-refractivity contribution in [2.75, 3.05) is 5.75 Å². The molecule has 0 atom stereocenters. The summed E-state index contributed by atoms with van der Waals surface area (Å²) in [6, 6.07) is 0. The number of hydrogen-bond acceptors (Lipinski definition) is 4. The normalized spacial score (nSPS) is 10.0. The van der Waals surface area contributed by atoms with Crippen LogP contribution in [0.3, 0.4) is 0 Å². The molecule has 0 saturated heterocycles. The maximum atomic E-state index is 8.08. The molecule has 0 aromatic carbocycles. The number of nitrogens with zero attached hydrogens (tertiary/aromatic N) is 2. The molecule has 0 rings (SSSR count). The van der Waals surface area contributed by atoms with Crippen LogP contribution >= 0.6 is 11.8 Å². The number of aliphatic imine (C=N–C) groups is 1. The zero-order valence-corrected chi connectivity index (χ0v) is 11.6. The molecule has 0 aromatic rings. The number of nitriles is 1. The first-order valence-corrected chi connectivity index (χ1v) is 4.47. The van der Waals surface area contributed by atoms with Crippen LogP contribution in [0.15, 0.2) is 4.99 Å². The van der Waals surface area contributed by atoms with Crippen LogP contribution in [0.1, 0.15) is 19.8 Å². The van der Waals surface area contributed by atoms with E-state index in [1.54, 1.807) is 6.19 Å². The molecule has 0 amide bonds. The van der Waals surface area contributed by atoms with Gasteiger partial charge in [0.05, 0.1) is 0 Å². The summed E-state index contributed by atoms with van der Waals surface area (Å²) in [5.74, 6) is 0.973. The summed E-state index contributed by atoms with van der Waals surface area (Å²) < 4.78 is 0.455. The zero-order valence-electron chi connectivity index (χ0n) is 6.83. The Bertz CT molecular complexity index is 153. The van der Waals surface area contributed by atoms with Gasteiger partial charge < -0.3 is 12.6 Å². The van der Waals surface area contributed by atoms with E-state index in [1.165, 1.54) is 11.8 Å². The maximum absolute atomic E-state index is 8.08. The number of rotatable bonds is 3. The van der Waals surface area contributed by atoms with Crippen molar-refractivity contribution in [2.24, 2.45) is 4.99 Å². The van der Waals surface area contributed by atoms with Gasteiger partial charge in [-0.15, -0.1) is 11.8 Å². The predicted molar refractivity (Wildman–Crippen MR) is 47.8 cm³/mol. The third-order valence-electron chi connectivity index (χ3n) is 0.865. The molecule has 2 nitrogen and oxygen atoms in total. The smallest absolute Gasteiger partial charge is 0.752 e. The Morgan fingerprint density at radius 1 is 1.73 bits per heavy atom. The predicted octanol–water partition coefficient (Wildman–Crippen LogP) is -1.09. The topological polar surface area (TPSA) is 36.1 Å². The fraction of sp³-hybridized carbons (Fsp3) is 0.667. The molecule has 11 heavy (non-hydrogen) atoms. The van der Waals surface area contributed by atoms with Gasteiger partial charge in [-0.1, -0.05) is 13.3 Å². The maximum Gasteiger partial charge on any atom is 1.00 e. The molecule has 5 heteroatoms. The molecule has 0 fully saturated rings. The molecule has 0 spiro atoms. The molecule has 0 aromatic heterocycles. The van der Waals surface area contributed by atoms with E-state index in [4.69, 9.17) is 17.9 Å². The average Bonchev–Trinajstić information content (AvgIpc) is 1.89. The Kier molecular flexibility index (Phi) is 15.4. The quantitative estimate of drug-likeness (QED) is 0.149. The van der Waals surface area contributed by atoms with Crippen LogP contribution < -0.4 is 51.4 Å². The summed E-state index contributed by atoms with van der Waals surface area (Å²) in [7, 11) is 0. The van der Waals surface area contributed by atoms with Gasteiger partial charge in [0.1, 0.15) is 0 Å². The fourth-order valence-corrected chi connectivity index (χ4v) is 1.38. The molecule has 0 bridgehead atoms. The Hall–Kier alpha value is 1.37. The standard InChI is InChI=1S/C6H10N2S2.K/c1-2-3-4-10-6(9)8-5-7;/h2-4H2,1H3,(H,8,9);/q;+1/p-1. The largest absolute Gasteiger partial charge is 1.00 e. The second kappa shape index (κ2) is 11.4. The van der Waals surface area contributed by atoms with Gasteiger partial charge >= 0.3 is 51.4 Å². The average molecular weight is 212 g/mol. The molecule has 0 heterocycles. The van der Waals surface area contributed by atoms with E-state index in [1.807, 2.05) is 0 Å². The van der Waals surface area contributed by atoms with Gasteiger partial charge in [-0.3, -0.25) is 0 Å². The third kappa shape index (κ3) is 11.4. The van der Waals surface area contributed by atoms with Crippen molar-refractivity contribution < 1.29 is 51.4 Å². The van der Waals surface area contributed by atoms with Crippen LogP contribution in [-0.4, -0.2) is 10.1 Å². The van der Waals surface area contributed by atoms with Crippen molar-refractivity contribution in [3.05, 3.63) is 0 Å². The van der Waals surface area contributed by atoms with Crippen LogP contribution in [0, 0.1) is 11.5 Å². The van der Waals surface area contributed by atoms with Crippen LogP contribution in [0.4, 0.5) is 0 Å². The second-order valence-corrected chi connectivity index (χ2v) is 3.41. The van der Waals surface area contributed by atoms with E-state index in [-0.39, 0.29) is 51.4 Å².